The zero-order chi connectivity index (χ0) is 71.8. The number of ketones is 1. The molecule has 16 heteroatoms. The summed E-state index contributed by atoms with van der Waals surface area (Å²) in [7, 11) is 3.89. The van der Waals surface area contributed by atoms with Gasteiger partial charge in [0, 0.05) is 53.6 Å². The largest absolute Gasteiger partial charge is 0.493 e. The van der Waals surface area contributed by atoms with E-state index in [1.807, 2.05) is 58.0 Å². The standard InChI is InChI=1S/C42H52ClFO4.C15H14N2O5.C7H17N.C7H16.C6H15NO.C2H6/c1-11-27(5)39(28(6)26(3)4)40-29(7)33(20-21-36(40)43)35(32(12-2)37(45)22-24-48-41(46)42(8,9)10)16-14-23-47-38-17-13-15-30-25-31(44)18-19-34(30)38;18-6-7-22-12-3-1-2-9-10(12)8-17(15(9)21)11-4-5-13(19)16-14(11)20;1-4-6-8(3)7-5-2;1-4-6-7(3)5-2;1-3-4-7-5-6-8-2;1-2/h11,13,15,17-21,25-26H,12,14,16,22-24H2,1-10H3;1-3,6,11H,4-5,7-8H2,(H,16,19,20);4-7H2,1-3H3;7H,4-6H2,1-3H3;7H,3-6H2,1-2H3;1-2H3/b27-11-,35-32+,39-28+;;;;;. The van der Waals surface area contributed by atoms with Crippen LogP contribution in [-0.2, 0) is 40.0 Å². The summed E-state index contributed by atoms with van der Waals surface area (Å²) in [5, 5.41) is 7.76. The number of allylic oxidation sites excluding steroid dienone is 6. The molecule has 4 aromatic carbocycles. The van der Waals surface area contributed by atoms with Crippen molar-refractivity contribution in [2.45, 2.75) is 214 Å². The van der Waals surface area contributed by atoms with E-state index in [9.17, 15) is 33.2 Å². The lowest BCUT2D eigenvalue weighted by Gasteiger charge is -2.29. The minimum absolute atomic E-state index is 0.0301. The molecule has 95 heavy (non-hydrogen) atoms. The van der Waals surface area contributed by atoms with Crippen LogP contribution < -0.4 is 20.1 Å². The van der Waals surface area contributed by atoms with E-state index < -0.39 is 17.4 Å². The molecular formula is C79H120ClFN4O10. The SMILES string of the molecule is C/C=C(C)\C(=C(\C)C(C)C)c1c(Cl)ccc(/C(CCCOc2cccc3cc(F)ccc23)=C(\CC)C(=O)CCOC(=O)C(C)(C)C)c1C.CC.CCCC(C)CC.CCCN(C)CCC.CCCNCCOC.O=CCOc1cccc2c1CN(C1CCC(=O)NC1=O)C2=O. The Hall–Kier alpha value is -6.52. The molecule has 6 rings (SSSR count). The van der Waals surface area contributed by atoms with Gasteiger partial charge in [-0.15, -0.1) is 0 Å². The van der Waals surface area contributed by atoms with Gasteiger partial charge in [-0.2, -0.15) is 0 Å². The molecule has 530 valence electrons. The normalized spacial score (nSPS) is 14.4. The summed E-state index contributed by atoms with van der Waals surface area (Å²) in [5.41, 5.74) is 8.65. The molecule has 0 radical (unpaired) electrons. The minimum atomic E-state index is -0.656. The quantitative estimate of drug-likeness (QED) is 0.0127. The number of amides is 3. The molecule has 0 saturated carbocycles. The van der Waals surface area contributed by atoms with E-state index in [0.29, 0.717) is 77.7 Å². The molecule has 1 saturated heterocycles. The Morgan fingerprint density at radius 3 is 2.07 bits per heavy atom. The van der Waals surface area contributed by atoms with E-state index in [1.165, 1.54) is 74.2 Å². The van der Waals surface area contributed by atoms with Crippen molar-refractivity contribution in [1.82, 2.24) is 20.4 Å². The number of hydrogen-bond donors (Lipinski definition) is 2. The van der Waals surface area contributed by atoms with Crippen LogP contribution in [0.25, 0.3) is 21.9 Å². The summed E-state index contributed by atoms with van der Waals surface area (Å²) < 4.78 is 35.7. The number of fused-ring (bicyclic) bond motifs is 2. The lowest BCUT2D eigenvalue weighted by Crippen LogP contribution is -2.52. The number of esters is 1. The van der Waals surface area contributed by atoms with Crippen LogP contribution in [0.2, 0.25) is 5.02 Å². The molecule has 0 spiro atoms. The predicted octanol–water partition coefficient (Wildman–Crippen LogP) is 18.2. The highest BCUT2D eigenvalue weighted by atomic mass is 35.5. The first-order valence-corrected chi connectivity index (χ1v) is 35.2. The molecule has 1 fully saturated rings. The van der Waals surface area contributed by atoms with Crippen LogP contribution in [0.1, 0.15) is 227 Å². The number of imide groups is 1. The van der Waals surface area contributed by atoms with E-state index in [0.717, 1.165) is 69.8 Å². The van der Waals surface area contributed by atoms with Crippen molar-refractivity contribution < 1.29 is 52.1 Å². The fraction of sp³-hybridized carbons (Fsp3) is 0.570. The Bertz CT molecular complexity index is 3100. The van der Waals surface area contributed by atoms with Gasteiger partial charge in [-0.05, 0) is 213 Å². The Labute approximate surface area is 576 Å². The summed E-state index contributed by atoms with van der Waals surface area (Å²) in [6, 6.07) is 18.6. The summed E-state index contributed by atoms with van der Waals surface area (Å²) >= 11 is 6.98. The first-order chi connectivity index (χ1) is 45.3. The van der Waals surface area contributed by atoms with Gasteiger partial charge < -0.3 is 34.1 Å². The Morgan fingerprint density at radius 2 is 1.52 bits per heavy atom. The number of rotatable bonds is 30. The van der Waals surface area contributed by atoms with E-state index >= 15 is 0 Å². The van der Waals surface area contributed by atoms with Crippen LogP contribution in [0.3, 0.4) is 0 Å². The van der Waals surface area contributed by atoms with Gasteiger partial charge in [-0.25, -0.2) is 4.39 Å². The van der Waals surface area contributed by atoms with E-state index in [-0.39, 0.29) is 62.0 Å². The highest BCUT2D eigenvalue weighted by molar-refractivity contribution is 6.33. The van der Waals surface area contributed by atoms with Gasteiger partial charge in [0.05, 0.1) is 31.8 Å². The maximum atomic E-state index is 13.8. The minimum Gasteiger partial charge on any atom is -0.493 e. The first-order valence-electron chi connectivity index (χ1n) is 34.8. The molecular weight excluding hydrogens is 1220 g/mol. The van der Waals surface area contributed by atoms with Crippen molar-refractivity contribution in [1.29, 1.82) is 0 Å². The van der Waals surface area contributed by atoms with Crippen LogP contribution in [0.5, 0.6) is 11.5 Å². The summed E-state index contributed by atoms with van der Waals surface area (Å²) in [4.78, 5) is 76.1. The number of nitrogens with zero attached hydrogens (tertiary/aromatic N) is 2. The van der Waals surface area contributed by atoms with Gasteiger partial charge in [0.2, 0.25) is 11.8 Å². The molecule has 2 aliphatic heterocycles. The first kappa shape index (κ1) is 86.5. The molecule has 0 bridgehead atoms. The molecule has 2 aliphatic rings. The molecule has 14 nitrogen and oxygen atoms in total. The summed E-state index contributed by atoms with van der Waals surface area (Å²) in [6.07, 6.45) is 13.0. The summed E-state index contributed by atoms with van der Waals surface area (Å²) in [6.45, 7) is 43.5. The number of aldehydes is 1. The van der Waals surface area contributed by atoms with E-state index in [2.05, 4.69) is 105 Å². The highest BCUT2D eigenvalue weighted by Gasteiger charge is 2.40. The molecule has 2 unspecified atom stereocenters. The van der Waals surface area contributed by atoms with Crippen LogP contribution in [0.15, 0.2) is 89.5 Å². The average molecular weight is 1340 g/mol. The fourth-order valence-corrected chi connectivity index (χ4v) is 11.0. The molecule has 2 atom stereocenters. The Kier molecular flexibility index (Phi) is 43.2. The van der Waals surface area contributed by atoms with E-state index in [4.69, 9.17) is 30.5 Å². The molecule has 0 aliphatic carbocycles. The number of carbonyl (C=O) groups excluding carboxylic acids is 6. The number of piperidine rings is 1. The highest BCUT2D eigenvalue weighted by Crippen LogP contribution is 2.41. The van der Waals surface area contributed by atoms with Crippen LogP contribution >= 0.6 is 11.6 Å². The van der Waals surface area contributed by atoms with Crippen LogP contribution in [0.4, 0.5) is 4.39 Å². The van der Waals surface area contributed by atoms with Gasteiger partial charge in [0.15, 0.2) is 12.1 Å². The number of ether oxygens (including phenoxy) is 4. The van der Waals surface area contributed by atoms with Crippen molar-refractivity contribution in [2.75, 3.05) is 66.8 Å². The average Bonchev–Trinajstić information content (AvgIpc) is 1.75. The zero-order valence-corrected chi connectivity index (χ0v) is 62.6. The zero-order valence-electron chi connectivity index (χ0n) is 61.8. The third kappa shape index (κ3) is 29.4. The third-order valence-corrected chi connectivity index (χ3v) is 16.7. The second-order valence-corrected chi connectivity index (χ2v) is 25.6. The summed E-state index contributed by atoms with van der Waals surface area (Å²) in [5.74, 6) is 0.728. The van der Waals surface area contributed by atoms with Crippen LogP contribution in [-0.4, -0.2) is 118 Å². The molecule has 0 aromatic heterocycles. The number of halogens is 2. The van der Waals surface area contributed by atoms with Crippen molar-refractivity contribution in [3.8, 4) is 11.5 Å². The number of methoxy groups -OCH3 is 1. The lowest BCUT2D eigenvalue weighted by atomic mass is 9.82. The van der Waals surface area contributed by atoms with Crippen molar-refractivity contribution in [2.24, 2.45) is 17.3 Å². The van der Waals surface area contributed by atoms with Gasteiger partial charge in [-0.1, -0.05) is 143 Å². The molecule has 2 N–H and O–H groups in total. The van der Waals surface area contributed by atoms with E-state index in [1.54, 1.807) is 52.1 Å². The van der Waals surface area contributed by atoms with Gasteiger partial charge in [-0.3, -0.25) is 34.1 Å². The fourth-order valence-electron chi connectivity index (χ4n) is 10.7. The Balaban J connectivity index is 0.000000775. The maximum absolute atomic E-state index is 13.8. The second kappa shape index (κ2) is 47.4. The third-order valence-electron chi connectivity index (χ3n) is 16.4. The lowest BCUT2D eigenvalue weighted by molar-refractivity contribution is -0.153. The second-order valence-electron chi connectivity index (χ2n) is 25.2. The number of benzene rings is 4. The number of carbonyl (C=O) groups is 6. The number of hydrogen-bond acceptors (Lipinski definition) is 12. The van der Waals surface area contributed by atoms with Crippen molar-refractivity contribution >= 4 is 69.3 Å². The Morgan fingerprint density at radius 1 is 0.853 bits per heavy atom. The van der Waals surface area contributed by atoms with Gasteiger partial charge in [0.1, 0.15) is 30.0 Å². The molecule has 3 amide bonds. The molecule has 2 heterocycles. The number of nitrogens with one attached hydrogen (secondary N) is 2. The van der Waals surface area contributed by atoms with Crippen LogP contribution in [0, 0.1) is 30.0 Å². The van der Waals surface area contributed by atoms with Gasteiger partial charge >= 0.3 is 5.97 Å². The molecule has 4 aromatic rings. The van der Waals surface area contributed by atoms with Crippen molar-refractivity contribution in [3.05, 3.63) is 128 Å². The predicted molar refractivity (Wildman–Crippen MR) is 392 cm³/mol. The topological polar surface area (TPSA) is 170 Å². The maximum Gasteiger partial charge on any atom is 0.311 e. The monoisotopic (exact) mass is 1340 g/mol. The van der Waals surface area contributed by atoms with Crippen molar-refractivity contribution in [3.63, 3.8) is 0 Å². The smallest absolute Gasteiger partial charge is 0.311 e. The van der Waals surface area contributed by atoms with Gasteiger partial charge in [0.25, 0.3) is 5.91 Å². The number of Topliss-reactive ketones (excluding diaryl/α,β-unsaturated/α-hetero) is 1.